The van der Waals surface area contributed by atoms with E-state index in [0.29, 0.717) is 51.3 Å². The third-order valence-electron chi connectivity index (χ3n) is 7.57. The van der Waals surface area contributed by atoms with Crippen molar-refractivity contribution in [1.82, 2.24) is 14.8 Å². The molecule has 11 heteroatoms. The van der Waals surface area contributed by atoms with E-state index in [9.17, 15) is 4.79 Å². The summed E-state index contributed by atoms with van der Waals surface area (Å²) in [6, 6.07) is 28.4. The van der Waals surface area contributed by atoms with Gasteiger partial charge in [0.15, 0.2) is 11.5 Å². The molecule has 0 fully saturated rings. The van der Waals surface area contributed by atoms with Crippen LogP contribution < -0.4 is 20.1 Å². The van der Waals surface area contributed by atoms with Crippen LogP contribution in [0.4, 0.5) is 11.6 Å². The smallest absolute Gasteiger partial charge is 0.255 e. The third-order valence-corrected chi connectivity index (χ3v) is 9.32. The largest absolute Gasteiger partial charge is 0.493 e. The van der Waals surface area contributed by atoms with Crippen molar-refractivity contribution in [3.05, 3.63) is 134 Å². The number of carbonyl (C=O) groups excluding carboxylic acids is 1. The lowest BCUT2D eigenvalue weighted by molar-refractivity contribution is -0.113. The van der Waals surface area contributed by atoms with Crippen LogP contribution in [0.25, 0.3) is 0 Å². The van der Waals surface area contributed by atoms with Gasteiger partial charge in [-0.15, -0.1) is 5.10 Å². The maximum Gasteiger partial charge on any atom is 0.255 e. The van der Waals surface area contributed by atoms with Crippen LogP contribution in [0.1, 0.15) is 35.2 Å². The first-order valence-corrected chi connectivity index (χ1v) is 16.7. The van der Waals surface area contributed by atoms with Gasteiger partial charge in [-0.1, -0.05) is 93.9 Å². The van der Waals surface area contributed by atoms with Gasteiger partial charge in [-0.3, -0.25) is 4.79 Å². The fourth-order valence-electron chi connectivity index (χ4n) is 5.22. The van der Waals surface area contributed by atoms with Gasteiger partial charge in [-0.05, 0) is 72.5 Å². The molecule has 4 aromatic carbocycles. The number of halogens is 2. The van der Waals surface area contributed by atoms with Crippen LogP contribution in [0, 0.1) is 6.92 Å². The number of thioether (sulfide) groups is 1. The number of amides is 1. The second kappa shape index (κ2) is 14.0. The molecule has 46 heavy (non-hydrogen) atoms. The Morgan fingerprint density at radius 3 is 2.61 bits per heavy atom. The molecule has 1 aliphatic rings. The Hall–Kier alpha value is -4.25. The number of nitrogens with zero attached hydrogens (tertiary/aromatic N) is 3. The summed E-state index contributed by atoms with van der Waals surface area (Å²) in [5.41, 5.74) is 5.67. The highest BCUT2D eigenvalue weighted by molar-refractivity contribution is 9.10. The van der Waals surface area contributed by atoms with Crippen LogP contribution in [-0.2, 0) is 17.2 Å². The van der Waals surface area contributed by atoms with Gasteiger partial charge in [-0.2, -0.15) is 4.98 Å². The molecular formula is C35H31BrClN5O3S. The van der Waals surface area contributed by atoms with E-state index in [1.807, 2.05) is 105 Å². The van der Waals surface area contributed by atoms with Gasteiger partial charge in [0.05, 0.1) is 12.7 Å². The van der Waals surface area contributed by atoms with Crippen molar-refractivity contribution < 1.29 is 14.3 Å². The number of benzene rings is 4. The normalized spacial score (nSPS) is 14.0. The Bertz CT molecular complexity index is 1950. The van der Waals surface area contributed by atoms with Crippen molar-refractivity contribution in [1.29, 1.82) is 0 Å². The molecule has 6 rings (SSSR count). The molecule has 0 saturated heterocycles. The zero-order chi connectivity index (χ0) is 32.2. The van der Waals surface area contributed by atoms with Gasteiger partial charge in [0.25, 0.3) is 5.91 Å². The van der Waals surface area contributed by atoms with E-state index < -0.39 is 6.04 Å². The fraction of sp³-hybridized carbons (Fsp3) is 0.171. The number of hydrogen-bond acceptors (Lipinski definition) is 7. The van der Waals surface area contributed by atoms with Crippen LogP contribution in [0.2, 0.25) is 5.02 Å². The number of carbonyl (C=O) groups is 1. The molecule has 1 atom stereocenters. The summed E-state index contributed by atoms with van der Waals surface area (Å²) in [6.07, 6.45) is 0. The number of nitrogens with one attached hydrogen (secondary N) is 2. The number of methoxy groups -OCH3 is 1. The number of anilines is 2. The molecule has 0 saturated carbocycles. The topological polar surface area (TPSA) is 90.3 Å². The van der Waals surface area contributed by atoms with E-state index in [4.69, 9.17) is 31.2 Å². The highest BCUT2D eigenvalue weighted by Gasteiger charge is 2.35. The summed E-state index contributed by atoms with van der Waals surface area (Å²) < 4.78 is 14.7. The number of allylic oxidation sites excluding steroid dienone is 1. The van der Waals surface area contributed by atoms with E-state index in [-0.39, 0.29) is 5.91 Å². The first-order valence-electron chi connectivity index (χ1n) is 14.5. The Balaban J connectivity index is 1.35. The van der Waals surface area contributed by atoms with E-state index in [1.165, 1.54) is 11.8 Å². The van der Waals surface area contributed by atoms with Crippen molar-refractivity contribution in [2.45, 2.75) is 37.4 Å². The minimum atomic E-state index is -0.601. The lowest BCUT2D eigenvalue weighted by Gasteiger charge is -2.29. The molecule has 1 amide bonds. The first kappa shape index (κ1) is 31.7. The molecular weight excluding hydrogens is 686 g/mol. The highest BCUT2D eigenvalue weighted by atomic mass is 79.9. The number of rotatable bonds is 10. The molecule has 1 aromatic heterocycles. The Kier molecular flexibility index (Phi) is 9.67. The quantitative estimate of drug-likeness (QED) is 0.140. The summed E-state index contributed by atoms with van der Waals surface area (Å²) in [4.78, 5) is 18.8. The summed E-state index contributed by atoms with van der Waals surface area (Å²) in [5.74, 6) is 2.01. The average Bonchev–Trinajstić information content (AvgIpc) is 3.46. The minimum Gasteiger partial charge on any atom is -0.493 e. The van der Waals surface area contributed by atoms with Crippen molar-refractivity contribution in [3.63, 3.8) is 0 Å². The van der Waals surface area contributed by atoms with E-state index in [2.05, 4.69) is 26.6 Å². The standard InChI is InChI=1S/C35H31BrClN5O3S/c1-21-9-4-7-14-28(21)39-33(43)31-22(2)38-34-40-35(46-20-25-11-5-6-13-27(25)37)41-42(34)32(31)24-15-16-29(30(18-24)44-3)45-19-23-10-8-12-26(36)17-23/h4-18,32H,19-20H2,1-3H3,(H,39,43)(H,38,40,41). The van der Waals surface area contributed by atoms with E-state index >= 15 is 0 Å². The molecule has 234 valence electrons. The van der Waals surface area contributed by atoms with Gasteiger partial charge < -0.3 is 20.1 Å². The SMILES string of the molecule is COc1cc(C2C(C(=O)Nc3ccccc3C)=C(C)Nc3nc(SCc4ccccc4Cl)nn32)ccc1OCc1cccc(Br)c1. The number of aromatic nitrogens is 3. The van der Waals surface area contributed by atoms with Crippen molar-refractivity contribution in [2.24, 2.45) is 0 Å². The van der Waals surface area contributed by atoms with Crippen LogP contribution in [0.3, 0.4) is 0 Å². The van der Waals surface area contributed by atoms with Crippen LogP contribution in [0.5, 0.6) is 11.5 Å². The average molecular weight is 717 g/mol. The highest BCUT2D eigenvalue weighted by Crippen LogP contribution is 2.40. The number of fused-ring (bicyclic) bond motifs is 1. The Morgan fingerprint density at radius 2 is 1.83 bits per heavy atom. The Morgan fingerprint density at radius 1 is 1.02 bits per heavy atom. The fourth-order valence-corrected chi connectivity index (χ4v) is 6.78. The van der Waals surface area contributed by atoms with Crippen molar-refractivity contribution in [2.75, 3.05) is 17.7 Å². The molecule has 1 aliphatic heterocycles. The summed E-state index contributed by atoms with van der Waals surface area (Å²) in [7, 11) is 1.60. The maximum absolute atomic E-state index is 14.0. The summed E-state index contributed by atoms with van der Waals surface area (Å²) >= 11 is 11.4. The molecule has 0 bridgehead atoms. The molecule has 0 spiro atoms. The molecule has 8 nitrogen and oxygen atoms in total. The predicted molar refractivity (Wildman–Crippen MR) is 187 cm³/mol. The molecule has 2 heterocycles. The number of ether oxygens (including phenoxy) is 2. The van der Waals surface area contributed by atoms with E-state index in [1.54, 1.807) is 11.8 Å². The lowest BCUT2D eigenvalue weighted by Crippen LogP contribution is -2.31. The van der Waals surface area contributed by atoms with Crippen LogP contribution in [0.15, 0.2) is 112 Å². The molecule has 0 aliphatic carbocycles. The number of aryl methyl sites for hydroxylation is 1. The second-order valence-electron chi connectivity index (χ2n) is 10.7. The molecule has 0 radical (unpaired) electrons. The van der Waals surface area contributed by atoms with Crippen molar-refractivity contribution >= 4 is 56.8 Å². The van der Waals surface area contributed by atoms with Crippen LogP contribution in [-0.4, -0.2) is 27.8 Å². The summed E-state index contributed by atoms with van der Waals surface area (Å²) in [6.45, 7) is 4.20. The number of para-hydroxylation sites is 1. The Labute approximate surface area is 285 Å². The van der Waals surface area contributed by atoms with E-state index in [0.717, 1.165) is 32.4 Å². The van der Waals surface area contributed by atoms with Crippen LogP contribution >= 0.6 is 39.3 Å². The predicted octanol–water partition coefficient (Wildman–Crippen LogP) is 8.81. The number of hydrogen-bond donors (Lipinski definition) is 2. The molecule has 2 N–H and O–H groups in total. The summed E-state index contributed by atoms with van der Waals surface area (Å²) in [5, 5.41) is 12.5. The lowest BCUT2D eigenvalue weighted by atomic mass is 9.94. The van der Waals surface area contributed by atoms with Gasteiger partial charge in [0, 0.05) is 26.6 Å². The first-order chi connectivity index (χ1) is 22.3. The monoisotopic (exact) mass is 715 g/mol. The molecule has 1 unspecified atom stereocenters. The van der Waals surface area contributed by atoms with Crippen molar-refractivity contribution in [3.8, 4) is 11.5 Å². The van der Waals surface area contributed by atoms with Gasteiger partial charge in [0.1, 0.15) is 12.6 Å². The maximum atomic E-state index is 14.0. The van der Waals surface area contributed by atoms with Gasteiger partial charge in [0.2, 0.25) is 11.1 Å². The third kappa shape index (κ3) is 6.94. The van der Waals surface area contributed by atoms with Gasteiger partial charge >= 0.3 is 0 Å². The minimum absolute atomic E-state index is 0.246. The zero-order valence-corrected chi connectivity index (χ0v) is 28.5. The second-order valence-corrected chi connectivity index (χ2v) is 13.0. The molecule has 5 aromatic rings. The van der Waals surface area contributed by atoms with Gasteiger partial charge in [-0.25, -0.2) is 4.68 Å². The zero-order valence-electron chi connectivity index (χ0n) is 25.4.